The third kappa shape index (κ3) is 5.57. The van der Waals surface area contributed by atoms with Gasteiger partial charge in [0.05, 0.1) is 11.6 Å². The van der Waals surface area contributed by atoms with E-state index in [4.69, 9.17) is 16.3 Å². The van der Waals surface area contributed by atoms with E-state index in [1.54, 1.807) is 28.4 Å². The summed E-state index contributed by atoms with van der Waals surface area (Å²) in [7, 11) is 0. The Hall–Kier alpha value is -2.90. The number of nitrogens with zero attached hydrogens (tertiary/aromatic N) is 2. The zero-order valence-electron chi connectivity index (χ0n) is 20.9. The largest absolute Gasteiger partial charge is 0.491 e. The predicted octanol–water partition coefficient (Wildman–Crippen LogP) is 6.29. The number of hydrogen-bond acceptors (Lipinski definition) is 4. The monoisotopic (exact) mass is 528 g/mol. The molecule has 0 unspecified atom stereocenters. The fourth-order valence-corrected chi connectivity index (χ4v) is 5.42. The average molecular weight is 529 g/mol. The molecule has 0 saturated heterocycles. The molecule has 5 nitrogen and oxygen atoms in total. The number of ether oxygens (including phenoxy) is 1. The Labute approximate surface area is 220 Å². The highest BCUT2D eigenvalue weighted by atomic mass is 35.5. The van der Waals surface area contributed by atoms with Crippen LogP contribution >= 0.6 is 22.9 Å². The minimum Gasteiger partial charge on any atom is -0.491 e. The zero-order valence-corrected chi connectivity index (χ0v) is 22.5. The van der Waals surface area contributed by atoms with Crippen LogP contribution in [-0.2, 0) is 11.2 Å². The summed E-state index contributed by atoms with van der Waals surface area (Å²) >= 11 is 7.82. The van der Waals surface area contributed by atoms with Crippen molar-refractivity contribution in [2.45, 2.75) is 45.7 Å². The number of aryl methyl sites for hydroxylation is 1. The van der Waals surface area contributed by atoms with Crippen LogP contribution in [0.3, 0.4) is 0 Å². The van der Waals surface area contributed by atoms with E-state index < -0.39 is 17.3 Å². The van der Waals surface area contributed by atoms with Crippen LogP contribution in [0.15, 0.2) is 53.9 Å². The molecule has 1 atom stereocenters. The van der Waals surface area contributed by atoms with Crippen LogP contribution in [0.1, 0.15) is 53.2 Å². The van der Waals surface area contributed by atoms with E-state index in [0.717, 1.165) is 17.5 Å². The Morgan fingerprint density at radius 1 is 1.19 bits per heavy atom. The number of hydrogen-bond donors (Lipinski definition) is 0. The van der Waals surface area contributed by atoms with Crippen molar-refractivity contribution >= 4 is 34.8 Å². The van der Waals surface area contributed by atoms with Gasteiger partial charge in [-0.1, -0.05) is 23.7 Å². The van der Waals surface area contributed by atoms with Gasteiger partial charge < -0.3 is 14.5 Å². The van der Waals surface area contributed by atoms with Crippen LogP contribution in [0.25, 0.3) is 0 Å². The van der Waals surface area contributed by atoms with E-state index in [1.165, 1.54) is 28.0 Å². The smallest absolute Gasteiger partial charge is 0.257 e. The second-order valence-corrected chi connectivity index (χ2v) is 11.3. The standard InChI is InChI=1S/C28H30ClFN2O3S/c1-18-15-19(9-10-22(18)29)35-17-24-21-12-14-36-25(21)11-13-31(24)26(33)16-32(28(2,3)4)27(34)20-7-5-6-8-23(20)30/h5-10,12,14-15,24H,11,13,16-17H2,1-4H3/t24-/m0/s1. The van der Waals surface area contributed by atoms with Crippen molar-refractivity contribution in [1.29, 1.82) is 0 Å². The molecule has 3 aromatic rings. The van der Waals surface area contributed by atoms with Crippen LogP contribution in [0.5, 0.6) is 5.75 Å². The molecule has 0 N–H and O–H groups in total. The summed E-state index contributed by atoms with van der Waals surface area (Å²) in [4.78, 5) is 31.5. The van der Waals surface area contributed by atoms with Crippen LogP contribution in [-0.4, -0.2) is 46.8 Å². The van der Waals surface area contributed by atoms with Gasteiger partial charge in [0.2, 0.25) is 5.91 Å². The maximum atomic E-state index is 14.4. The SMILES string of the molecule is Cc1cc(OC[C@H]2c3ccsc3CCN2C(=O)CN(C(=O)c2ccccc2F)C(C)(C)C)ccc1Cl. The highest BCUT2D eigenvalue weighted by Gasteiger charge is 2.36. The molecule has 36 heavy (non-hydrogen) atoms. The van der Waals surface area contributed by atoms with E-state index in [9.17, 15) is 14.0 Å². The minimum absolute atomic E-state index is 0.0445. The van der Waals surface area contributed by atoms with Crippen molar-refractivity contribution in [1.82, 2.24) is 9.80 Å². The fraction of sp³-hybridized carbons (Fsp3) is 0.357. The first-order valence-corrected chi connectivity index (χ1v) is 13.1. The number of fused-ring (bicyclic) bond motifs is 1. The molecule has 0 aliphatic carbocycles. The van der Waals surface area contributed by atoms with Crippen LogP contribution in [0.2, 0.25) is 5.02 Å². The Balaban J connectivity index is 1.57. The molecule has 1 aromatic heterocycles. The lowest BCUT2D eigenvalue weighted by Crippen LogP contribution is -2.53. The van der Waals surface area contributed by atoms with Crippen molar-refractivity contribution < 1.29 is 18.7 Å². The highest BCUT2D eigenvalue weighted by Crippen LogP contribution is 2.34. The number of carbonyl (C=O) groups excluding carboxylic acids is 2. The number of halogens is 2. The summed E-state index contributed by atoms with van der Waals surface area (Å²) in [5, 5.41) is 2.69. The molecule has 0 saturated carbocycles. The number of amides is 2. The van der Waals surface area contributed by atoms with Crippen molar-refractivity contribution in [3.05, 3.63) is 86.3 Å². The number of benzene rings is 2. The molecule has 0 fully saturated rings. The molecule has 2 aromatic carbocycles. The van der Waals surface area contributed by atoms with E-state index in [1.807, 2.05) is 51.3 Å². The topological polar surface area (TPSA) is 49.9 Å². The Bertz CT molecular complexity index is 1270. The molecule has 0 spiro atoms. The zero-order chi connectivity index (χ0) is 26.0. The molecule has 1 aliphatic heterocycles. The molecule has 0 bridgehead atoms. The molecule has 4 rings (SSSR count). The van der Waals surface area contributed by atoms with E-state index in [0.29, 0.717) is 17.3 Å². The molecule has 2 amide bonds. The molecule has 190 valence electrons. The minimum atomic E-state index is -0.689. The third-order valence-electron chi connectivity index (χ3n) is 6.41. The molecule has 8 heteroatoms. The highest BCUT2D eigenvalue weighted by molar-refractivity contribution is 7.10. The van der Waals surface area contributed by atoms with Crippen LogP contribution < -0.4 is 4.74 Å². The molecular weight excluding hydrogens is 499 g/mol. The van der Waals surface area contributed by atoms with Gasteiger partial charge in [-0.2, -0.15) is 0 Å². The quantitative estimate of drug-likeness (QED) is 0.377. The number of thiophene rings is 1. The summed E-state index contributed by atoms with van der Waals surface area (Å²) < 4.78 is 20.5. The van der Waals surface area contributed by atoms with Gasteiger partial charge >= 0.3 is 0 Å². The molecule has 1 aliphatic rings. The summed E-state index contributed by atoms with van der Waals surface area (Å²) in [6.07, 6.45) is 0.742. The van der Waals surface area contributed by atoms with Gasteiger partial charge in [-0.15, -0.1) is 11.3 Å². The van der Waals surface area contributed by atoms with Gasteiger partial charge in [0.15, 0.2) is 0 Å². The van der Waals surface area contributed by atoms with Crippen LogP contribution in [0, 0.1) is 12.7 Å². The predicted molar refractivity (Wildman–Crippen MR) is 141 cm³/mol. The van der Waals surface area contributed by atoms with Gasteiger partial charge in [0.25, 0.3) is 5.91 Å². The van der Waals surface area contributed by atoms with E-state index in [2.05, 4.69) is 0 Å². The molecule has 0 radical (unpaired) electrons. The second kappa shape index (κ2) is 10.6. The Morgan fingerprint density at radius 2 is 1.94 bits per heavy atom. The first-order valence-electron chi connectivity index (χ1n) is 11.9. The number of rotatable bonds is 6. The summed E-state index contributed by atoms with van der Waals surface area (Å²) in [5.41, 5.74) is 1.24. The first-order chi connectivity index (χ1) is 17.1. The van der Waals surface area contributed by atoms with Crippen molar-refractivity contribution in [2.75, 3.05) is 19.7 Å². The average Bonchev–Trinajstić information content (AvgIpc) is 3.31. The lowest BCUT2D eigenvalue weighted by atomic mass is 9.99. The normalized spacial score (nSPS) is 15.4. The lowest BCUT2D eigenvalue weighted by Gasteiger charge is -2.40. The third-order valence-corrected chi connectivity index (χ3v) is 7.83. The van der Waals surface area contributed by atoms with E-state index in [-0.39, 0.29) is 30.7 Å². The van der Waals surface area contributed by atoms with Gasteiger partial charge in [0, 0.05) is 22.0 Å². The van der Waals surface area contributed by atoms with Gasteiger partial charge in [-0.25, -0.2) is 4.39 Å². The molecule has 2 heterocycles. The van der Waals surface area contributed by atoms with Crippen molar-refractivity contribution in [2.24, 2.45) is 0 Å². The van der Waals surface area contributed by atoms with E-state index >= 15 is 0 Å². The second-order valence-electron chi connectivity index (χ2n) is 9.92. The number of carbonyl (C=O) groups is 2. The lowest BCUT2D eigenvalue weighted by molar-refractivity contribution is -0.136. The van der Waals surface area contributed by atoms with Gasteiger partial charge in [-0.3, -0.25) is 9.59 Å². The Morgan fingerprint density at radius 3 is 2.64 bits per heavy atom. The summed E-state index contributed by atoms with van der Waals surface area (Å²) in [6.45, 7) is 8.07. The molecular formula is C28H30ClFN2O3S. The fourth-order valence-electron chi connectivity index (χ4n) is 4.38. The maximum absolute atomic E-state index is 14.4. The Kier molecular flexibility index (Phi) is 7.71. The first kappa shape index (κ1) is 26.2. The maximum Gasteiger partial charge on any atom is 0.257 e. The van der Waals surface area contributed by atoms with Gasteiger partial charge in [0.1, 0.15) is 24.7 Å². The van der Waals surface area contributed by atoms with Crippen molar-refractivity contribution in [3.8, 4) is 5.75 Å². The van der Waals surface area contributed by atoms with Gasteiger partial charge in [-0.05, 0) is 87.0 Å². The van der Waals surface area contributed by atoms with Crippen molar-refractivity contribution in [3.63, 3.8) is 0 Å². The van der Waals surface area contributed by atoms with Crippen LogP contribution in [0.4, 0.5) is 4.39 Å². The summed E-state index contributed by atoms with van der Waals surface area (Å²) in [5.74, 6) is -0.633. The summed E-state index contributed by atoms with van der Waals surface area (Å²) in [6, 6.07) is 13.1.